The molecule has 1 N–H and O–H groups in total. The van der Waals surface area contributed by atoms with Gasteiger partial charge in [0, 0.05) is 18.0 Å². The Morgan fingerprint density at radius 3 is 2.33 bits per heavy atom. The van der Waals surface area contributed by atoms with Crippen LogP contribution in [-0.4, -0.2) is 34.3 Å². The lowest BCUT2D eigenvalue weighted by molar-refractivity contribution is -0.128. The third kappa shape index (κ3) is 4.06. The van der Waals surface area contributed by atoms with Gasteiger partial charge in [-0.2, -0.15) is 5.10 Å². The van der Waals surface area contributed by atoms with Crippen molar-refractivity contribution in [3.05, 3.63) is 40.3 Å². The Labute approximate surface area is 193 Å². The number of aromatic nitrogens is 2. The number of ether oxygens (including phenoxy) is 1. The minimum atomic E-state index is -0.686. The summed E-state index contributed by atoms with van der Waals surface area (Å²) < 4.78 is 6.66. The topological polar surface area (TPSA) is 90.3 Å². The molecule has 4 saturated carbocycles. The maximum absolute atomic E-state index is 12.9. The molecule has 7 heteroatoms. The van der Waals surface area contributed by atoms with Gasteiger partial charge in [-0.25, -0.2) is 9.48 Å². The van der Waals surface area contributed by atoms with Gasteiger partial charge >= 0.3 is 5.97 Å². The second kappa shape index (κ2) is 8.58. The molecule has 1 atom stereocenters. The number of aryl methyl sites for hydroxylation is 1. The average Bonchev–Trinajstić information content (AvgIpc) is 2.78. The number of carbonyl (C=O) groups excluding carboxylic acids is 2. The predicted octanol–water partition coefficient (Wildman–Crippen LogP) is 3.68. The Kier molecular flexibility index (Phi) is 5.75. The van der Waals surface area contributed by atoms with Crippen molar-refractivity contribution in [1.29, 1.82) is 0 Å². The molecule has 4 fully saturated rings. The Morgan fingerprint density at radius 2 is 1.73 bits per heavy atom. The first-order chi connectivity index (χ1) is 15.9. The number of benzene rings is 1. The number of fused-ring (bicyclic) bond motifs is 1. The van der Waals surface area contributed by atoms with Gasteiger partial charge in [-0.15, -0.1) is 0 Å². The summed E-state index contributed by atoms with van der Waals surface area (Å²) in [6.07, 6.45) is 8.40. The third-order valence-electron chi connectivity index (χ3n) is 8.21. The highest BCUT2D eigenvalue weighted by atomic mass is 16.5. The molecular formula is C26H33N3O4. The Hall–Kier alpha value is -2.70. The summed E-state index contributed by atoms with van der Waals surface area (Å²) in [5.74, 6) is 1.47. The van der Waals surface area contributed by atoms with Gasteiger partial charge in [-0.3, -0.25) is 9.59 Å². The number of nitrogens with one attached hydrogen (secondary N) is 1. The van der Waals surface area contributed by atoms with Gasteiger partial charge in [-0.05, 0) is 81.1 Å². The number of esters is 1. The van der Waals surface area contributed by atoms with Gasteiger partial charge in [0.15, 0.2) is 12.3 Å². The molecule has 0 aliphatic heterocycles. The lowest BCUT2D eigenvalue weighted by Gasteiger charge is -2.59. The molecule has 1 amide bonds. The van der Waals surface area contributed by atoms with Crippen molar-refractivity contribution < 1.29 is 14.3 Å². The standard InChI is InChI=1S/C26H33N3O4/c1-3-8-29-24(31)21-7-5-4-6-20(21)23(28-29)25(32)33-15-22(30)27-16(2)26-12-17-9-18(13-26)11-19(10-17)14-26/h4-7,16-19H,3,8-15H2,1-2H3,(H,27,30). The van der Waals surface area contributed by atoms with Gasteiger partial charge in [0.1, 0.15) is 0 Å². The number of rotatable bonds is 7. The van der Waals surface area contributed by atoms with Crippen LogP contribution >= 0.6 is 0 Å². The summed E-state index contributed by atoms with van der Waals surface area (Å²) in [4.78, 5) is 38.2. The predicted molar refractivity (Wildman–Crippen MR) is 125 cm³/mol. The SMILES string of the molecule is CCCn1nc(C(=O)OCC(=O)NC(C)C23CC4CC(CC(C4)C2)C3)c2ccccc2c1=O. The van der Waals surface area contributed by atoms with Crippen molar-refractivity contribution >= 4 is 22.6 Å². The van der Waals surface area contributed by atoms with E-state index in [-0.39, 0.29) is 35.2 Å². The van der Waals surface area contributed by atoms with E-state index in [9.17, 15) is 14.4 Å². The van der Waals surface area contributed by atoms with E-state index >= 15 is 0 Å². The lowest BCUT2D eigenvalue weighted by Crippen LogP contribution is -2.56. The zero-order valence-electron chi connectivity index (χ0n) is 19.5. The summed E-state index contributed by atoms with van der Waals surface area (Å²) >= 11 is 0. The number of hydrogen-bond acceptors (Lipinski definition) is 5. The molecule has 1 aromatic heterocycles. The highest BCUT2D eigenvalue weighted by molar-refractivity contribution is 6.02. The monoisotopic (exact) mass is 451 g/mol. The van der Waals surface area contributed by atoms with Crippen LogP contribution in [-0.2, 0) is 16.1 Å². The van der Waals surface area contributed by atoms with Crippen LogP contribution in [0.5, 0.6) is 0 Å². The van der Waals surface area contributed by atoms with Gasteiger partial charge in [0.25, 0.3) is 11.5 Å². The number of carbonyl (C=O) groups is 2. The van der Waals surface area contributed by atoms with Crippen LogP contribution in [0.3, 0.4) is 0 Å². The average molecular weight is 452 g/mol. The highest BCUT2D eigenvalue weighted by Gasteiger charge is 2.53. The fourth-order valence-electron chi connectivity index (χ4n) is 7.09. The number of amides is 1. The molecule has 7 nitrogen and oxygen atoms in total. The van der Waals surface area contributed by atoms with Crippen molar-refractivity contribution in [3.8, 4) is 0 Å². The van der Waals surface area contributed by atoms with Gasteiger partial charge < -0.3 is 10.1 Å². The van der Waals surface area contributed by atoms with Crippen LogP contribution < -0.4 is 10.9 Å². The molecular weight excluding hydrogens is 418 g/mol. The Morgan fingerprint density at radius 1 is 1.12 bits per heavy atom. The van der Waals surface area contributed by atoms with Crippen molar-refractivity contribution in [2.45, 2.75) is 71.4 Å². The van der Waals surface area contributed by atoms with E-state index in [0.29, 0.717) is 23.7 Å². The van der Waals surface area contributed by atoms with E-state index in [2.05, 4.69) is 17.3 Å². The van der Waals surface area contributed by atoms with Crippen LogP contribution in [0.2, 0.25) is 0 Å². The number of nitrogens with zero attached hydrogens (tertiary/aromatic N) is 2. The second-order valence-electron chi connectivity index (χ2n) is 10.6. The molecule has 4 aliphatic rings. The minimum absolute atomic E-state index is 0.0700. The highest BCUT2D eigenvalue weighted by Crippen LogP contribution is 2.61. The zero-order chi connectivity index (χ0) is 23.2. The van der Waals surface area contributed by atoms with Crippen molar-refractivity contribution in [2.75, 3.05) is 6.61 Å². The van der Waals surface area contributed by atoms with Crippen molar-refractivity contribution in [3.63, 3.8) is 0 Å². The first kappa shape index (κ1) is 22.1. The van der Waals surface area contributed by atoms with Crippen LogP contribution in [0.15, 0.2) is 29.1 Å². The third-order valence-corrected chi connectivity index (χ3v) is 8.21. The van der Waals surface area contributed by atoms with E-state index in [1.165, 1.54) is 43.2 Å². The van der Waals surface area contributed by atoms with E-state index < -0.39 is 5.97 Å². The van der Waals surface area contributed by atoms with Gasteiger partial charge in [0.05, 0.1) is 5.39 Å². The molecule has 1 aromatic carbocycles. The molecule has 6 rings (SSSR count). The van der Waals surface area contributed by atoms with E-state index in [1.807, 2.05) is 6.92 Å². The quantitative estimate of drug-likeness (QED) is 0.649. The fourth-order valence-corrected chi connectivity index (χ4v) is 7.09. The maximum atomic E-state index is 12.9. The normalized spacial score (nSPS) is 28.6. The lowest BCUT2D eigenvalue weighted by atomic mass is 9.48. The smallest absolute Gasteiger partial charge is 0.359 e. The van der Waals surface area contributed by atoms with E-state index in [1.54, 1.807) is 24.3 Å². The summed E-state index contributed by atoms with van der Waals surface area (Å²) in [5, 5.41) is 8.25. The van der Waals surface area contributed by atoms with Gasteiger partial charge in [0.2, 0.25) is 0 Å². The first-order valence-electron chi connectivity index (χ1n) is 12.3. The summed E-state index contributed by atoms with van der Waals surface area (Å²) in [5.41, 5.74) is 0.0358. The van der Waals surface area contributed by atoms with Gasteiger partial charge in [-0.1, -0.05) is 25.1 Å². The van der Waals surface area contributed by atoms with Crippen LogP contribution in [0.25, 0.3) is 10.8 Å². The molecule has 0 spiro atoms. The second-order valence-corrected chi connectivity index (χ2v) is 10.6. The molecule has 1 heterocycles. The zero-order valence-corrected chi connectivity index (χ0v) is 19.5. The molecule has 0 saturated heterocycles. The summed E-state index contributed by atoms with van der Waals surface area (Å²) in [7, 11) is 0. The maximum Gasteiger partial charge on any atom is 0.359 e. The number of hydrogen-bond donors (Lipinski definition) is 1. The first-order valence-corrected chi connectivity index (χ1v) is 12.3. The minimum Gasteiger partial charge on any atom is -0.451 e. The summed E-state index contributed by atoms with van der Waals surface area (Å²) in [6.45, 7) is 4.12. The molecule has 176 valence electrons. The molecule has 1 unspecified atom stereocenters. The van der Waals surface area contributed by atoms with Crippen LogP contribution in [0.1, 0.15) is 69.3 Å². The molecule has 4 aliphatic carbocycles. The molecule has 33 heavy (non-hydrogen) atoms. The Bertz CT molecular complexity index is 1100. The molecule has 4 bridgehead atoms. The van der Waals surface area contributed by atoms with Crippen molar-refractivity contribution in [2.24, 2.45) is 23.2 Å². The fraction of sp³-hybridized carbons (Fsp3) is 0.615. The Balaban J connectivity index is 1.26. The van der Waals surface area contributed by atoms with E-state index in [0.717, 1.165) is 17.8 Å². The van der Waals surface area contributed by atoms with Crippen LogP contribution in [0.4, 0.5) is 0 Å². The molecule has 2 aromatic rings. The van der Waals surface area contributed by atoms with Crippen LogP contribution in [0, 0.1) is 23.2 Å². The van der Waals surface area contributed by atoms with Crippen molar-refractivity contribution in [1.82, 2.24) is 15.1 Å². The largest absolute Gasteiger partial charge is 0.451 e. The summed E-state index contributed by atoms with van der Waals surface area (Å²) in [6, 6.07) is 6.95. The molecule has 0 radical (unpaired) electrons. The van der Waals surface area contributed by atoms with E-state index in [4.69, 9.17) is 4.74 Å².